The predicted molar refractivity (Wildman–Crippen MR) is 82.0 cm³/mol. The molecule has 3 aromatic rings. The van der Waals surface area contributed by atoms with Crippen LogP contribution in [-0.4, -0.2) is 0 Å². The number of ether oxygens (including phenoxy) is 1. The second-order valence-electron chi connectivity index (χ2n) is 5.11. The molecule has 0 aromatic heterocycles. The number of hydrogen-bond donors (Lipinski definition) is 0. The monoisotopic (exact) mass is 258 g/mol. The lowest BCUT2D eigenvalue weighted by atomic mass is 9.88. The van der Waals surface area contributed by atoms with Crippen molar-refractivity contribution in [3.63, 3.8) is 0 Å². The average molecular weight is 258 g/mol. The molecule has 4 rings (SSSR count). The van der Waals surface area contributed by atoms with Crippen LogP contribution in [0.25, 0.3) is 10.8 Å². The first-order valence-corrected chi connectivity index (χ1v) is 6.78. The number of rotatable bonds is 1. The van der Waals surface area contributed by atoms with E-state index in [1.54, 1.807) is 0 Å². The van der Waals surface area contributed by atoms with Crippen LogP contribution in [0.5, 0.6) is 5.75 Å². The summed E-state index contributed by atoms with van der Waals surface area (Å²) in [6.45, 7) is 4.11. The molecule has 0 bridgehead atoms. The van der Waals surface area contributed by atoms with Gasteiger partial charge in [0.2, 0.25) is 0 Å². The molecule has 0 aliphatic carbocycles. The fraction of sp³-hybridized carbons (Fsp3) is 0.0526. The number of fused-ring (bicyclic) bond motifs is 3. The first-order chi connectivity index (χ1) is 9.84. The zero-order valence-electron chi connectivity index (χ0n) is 11.0. The smallest absolute Gasteiger partial charge is 0.131 e. The molecular weight excluding hydrogens is 244 g/mol. The van der Waals surface area contributed by atoms with E-state index in [0.29, 0.717) is 0 Å². The summed E-state index contributed by atoms with van der Waals surface area (Å²) >= 11 is 0. The van der Waals surface area contributed by atoms with Crippen molar-refractivity contribution in [2.75, 3.05) is 0 Å². The molecule has 20 heavy (non-hydrogen) atoms. The molecule has 0 N–H and O–H groups in total. The molecule has 0 fully saturated rings. The SMILES string of the molecule is C=C1Oc2ccc3ccccc3c2C1c1ccccc1. The first kappa shape index (κ1) is 11.3. The Labute approximate surface area is 118 Å². The largest absolute Gasteiger partial charge is 0.461 e. The molecular formula is C19H14O. The summed E-state index contributed by atoms with van der Waals surface area (Å²) in [5, 5.41) is 2.49. The van der Waals surface area contributed by atoms with E-state index < -0.39 is 0 Å². The maximum absolute atomic E-state index is 5.89. The van der Waals surface area contributed by atoms with Crippen molar-refractivity contribution in [1.82, 2.24) is 0 Å². The third kappa shape index (κ3) is 1.56. The molecule has 0 saturated carbocycles. The van der Waals surface area contributed by atoms with Gasteiger partial charge in [-0.1, -0.05) is 67.2 Å². The normalized spacial score (nSPS) is 17.0. The zero-order chi connectivity index (χ0) is 13.5. The van der Waals surface area contributed by atoms with Crippen molar-refractivity contribution in [3.05, 3.63) is 90.2 Å². The second kappa shape index (κ2) is 4.24. The summed E-state index contributed by atoms with van der Waals surface area (Å²) < 4.78 is 5.89. The molecule has 0 spiro atoms. The second-order valence-corrected chi connectivity index (χ2v) is 5.11. The van der Waals surface area contributed by atoms with Gasteiger partial charge in [0.1, 0.15) is 11.5 Å². The maximum Gasteiger partial charge on any atom is 0.131 e. The maximum atomic E-state index is 5.89. The van der Waals surface area contributed by atoms with Gasteiger partial charge in [-0.15, -0.1) is 0 Å². The van der Waals surface area contributed by atoms with E-state index in [1.165, 1.54) is 21.9 Å². The highest BCUT2D eigenvalue weighted by Crippen LogP contribution is 2.47. The van der Waals surface area contributed by atoms with E-state index in [9.17, 15) is 0 Å². The zero-order valence-corrected chi connectivity index (χ0v) is 11.0. The van der Waals surface area contributed by atoms with Crippen LogP contribution < -0.4 is 4.74 Å². The minimum absolute atomic E-state index is 0.122. The van der Waals surface area contributed by atoms with Gasteiger partial charge in [0, 0.05) is 5.56 Å². The number of benzene rings is 3. The van der Waals surface area contributed by atoms with E-state index in [0.717, 1.165) is 11.5 Å². The lowest BCUT2D eigenvalue weighted by Gasteiger charge is -2.12. The Bertz CT molecular complexity index is 802. The Kier molecular flexibility index (Phi) is 2.40. The summed E-state index contributed by atoms with van der Waals surface area (Å²) in [4.78, 5) is 0. The lowest BCUT2D eigenvalue weighted by molar-refractivity contribution is 0.439. The van der Waals surface area contributed by atoms with Crippen molar-refractivity contribution < 1.29 is 4.74 Å². The lowest BCUT2D eigenvalue weighted by Crippen LogP contribution is -1.99. The predicted octanol–water partition coefficient (Wildman–Crippen LogP) is 4.88. The van der Waals surface area contributed by atoms with Crippen molar-refractivity contribution in [2.45, 2.75) is 5.92 Å². The fourth-order valence-electron chi connectivity index (χ4n) is 3.02. The van der Waals surface area contributed by atoms with E-state index in [4.69, 9.17) is 4.74 Å². The van der Waals surface area contributed by atoms with Crippen molar-refractivity contribution >= 4 is 10.8 Å². The van der Waals surface area contributed by atoms with Gasteiger partial charge in [-0.25, -0.2) is 0 Å². The minimum Gasteiger partial charge on any atom is -0.461 e. The van der Waals surface area contributed by atoms with Gasteiger partial charge in [0.25, 0.3) is 0 Å². The van der Waals surface area contributed by atoms with Gasteiger partial charge in [-0.3, -0.25) is 0 Å². The topological polar surface area (TPSA) is 9.23 Å². The summed E-state index contributed by atoms with van der Waals surface area (Å²) in [5.74, 6) is 1.86. The summed E-state index contributed by atoms with van der Waals surface area (Å²) in [5.41, 5.74) is 2.46. The van der Waals surface area contributed by atoms with Gasteiger partial charge in [-0.05, 0) is 22.4 Å². The Morgan fingerprint density at radius 3 is 2.40 bits per heavy atom. The molecule has 1 nitrogen and oxygen atoms in total. The minimum atomic E-state index is 0.122. The van der Waals surface area contributed by atoms with Crippen LogP contribution >= 0.6 is 0 Å². The molecule has 0 saturated heterocycles. The molecule has 1 heteroatoms. The third-order valence-electron chi connectivity index (χ3n) is 3.92. The van der Waals surface area contributed by atoms with E-state index in [1.807, 2.05) is 12.1 Å². The highest BCUT2D eigenvalue weighted by molar-refractivity contribution is 5.90. The van der Waals surface area contributed by atoms with E-state index in [-0.39, 0.29) is 5.92 Å². The Balaban J connectivity index is 2.02. The van der Waals surface area contributed by atoms with Gasteiger partial charge in [-0.2, -0.15) is 0 Å². The highest BCUT2D eigenvalue weighted by Gasteiger charge is 2.31. The third-order valence-corrected chi connectivity index (χ3v) is 3.92. The van der Waals surface area contributed by atoms with Crippen molar-refractivity contribution in [2.24, 2.45) is 0 Å². The van der Waals surface area contributed by atoms with E-state index >= 15 is 0 Å². The Morgan fingerprint density at radius 1 is 0.800 bits per heavy atom. The highest BCUT2D eigenvalue weighted by atomic mass is 16.5. The molecule has 1 aliphatic heterocycles. The summed E-state index contributed by atoms with van der Waals surface area (Å²) in [6.07, 6.45) is 0. The Morgan fingerprint density at radius 2 is 1.55 bits per heavy atom. The van der Waals surface area contributed by atoms with Gasteiger partial charge in [0.05, 0.1) is 5.92 Å². The van der Waals surface area contributed by atoms with Crippen LogP contribution in [0, 0.1) is 0 Å². The number of allylic oxidation sites excluding steroid dienone is 1. The van der Waals surface area contributed by atoms with Crippen molar-refractivity contribution in [1.29, 1.82) is 0 Å². The first-order valence-electron chi connectivity index (χ1n) is 6.78. The molecule has 1 atom stereocenters. The quantitative estimate of drug-likeness (QED) is 0.604. The van der Waals surface area contributed by atoms with Crippen LogP contribution in [0.1, 0.15) is 17.0 Å². The molecule has 0 amide bonds. The standard InChI is InChI=1S/C19H14O/c1-13-18(15-8-3-2-4-9-15)19-16-10-6-5-7-14(16)11-12-17(19)20-13/h2-12,18H,1H2. The van der Waals surface area contributed by atoms with Gasteiger partial charge >= 0.3 is 0 Å². The Hall–Kier alpha value is -2.54. The molecule has 1 unspecified atom stereocenters. The fourth-order valence-corrected chi connectivity index (χ4v) is 3.02. The average Bonchev–Trinajstić information content (AvgIpc) is 2.84. The number of hydrogen-bond acceptors (Lipinski definition) is 1. The van der Waals surface area contributed by atoms with Crippen LogP contribution in [0.4, 0.5) is 0 Å². The molecule has 0 radical (unpaired) electrons. The molecule has 96 valence electrons. The van der Waals surface area contributed by atoms with Crippen molar-refractivity contribution in [3.8, 4) is 5.75 Å². The van der Waals surface area contributed by atoms with Crippen LogP contribution in [0.2, 0.25) is 0 Å². The van der Waals surface area contributed by atoms with E-state index in [2.05, 4.69) is 61.2 Å². The van der Waals surface area contributed by atoms with Gasteiger partial charge < -0.3 is 4.74 Å². The van der Waals surface area contributed by atoms with Crippen LogP contribution in [0.3, 0.4) is 0 Å². The van der Waals surface area contributed by atoms with Gasteiger partial charge in [0.15, 0.2) is 0 Å². The summed E-state index contributed by atoms with van der Waals surface area (Å²) in [6, 6.07) is 23.0. The molecule has 1 aliphatic rings. The summed E-state index contributed by atoms with van der Waals surface area (Å²) in [7, 11) is 0. The molecule has 1 heterocycles. The molecule has 3 aromatic carbocycles. The van der Waals surface area contributed by atoms with Crippen LogP contribution in [-0.2, 0) is 0 Å². The van der Waals surface area contributed by atoms with Crippen LogP contribution in [0.15, 0.2) is 79.1 Å².